The van der Waals surface area contributed by atoms with Crippen molar-refractivity contribution < 1.29 is 23.8 Å². The number of methoxy groups -OCH3 is 1. The first-order valence-electron chi connectivity index (χ1n) is 9.32. The van der Waals surface area contributed by atoms with Crippen molar-refractivity contribution in [3.63, 3.8) is 0 Å². The van der Waals surface area contributed by atoms with Crippen LogP contribution in [0.2, 0.25) is 5.02 Å². The first-order chi connectivity index (χ1) is 12.8. The number of esters is 1. The highest BCUT2D eigenvalue weighted by Gasteiger charge is 2.23. The van der Waals surface area contributed by atoms with Gasteiger partial charge in [0.15, 0.2) is 18.1 Å². The standard InChI is InChI=1S/C20H28ClNO5/c1-12(2)27-19-15(21)9-14(10-17(19)25-4)20(24)26-11-18(23)22-16-8-6-5-7-13(16)3/h9-10,12-13,16H,5-8,11H2,1-4H3,(H,22,23)/t13-,16+/m0/s1. The summed E-state index contributed by atoms with van der Waals surface area (Å²) < 4.78 is 16.0. The van der Waals surface area contributed by atoms with Crippen molar-refractivity contribution in [2.75, 3.05) is 13.7 Å². The highest BCUT2D eigenvalue weighted by atomic mass is 35.5. The molecule has 1 aromatic carbocycles. The average molecular weight is 398 g/mol. The van der Waals surface area contributed by atoms with Crippen LogP contribution in [0.5, 0.6) is 11.5 Å². The normalized spacial score (nSPS) is 19.5. The highest BCUT2D eigenvalue weighted by Crippen LogP contribution is 2.37. The van der Waals surface area contributed by atoms with Crippen LogP contribution in [-0.4, -0.2) is 37.7 Å². The summed E-state index contributed by atoms with van der Waals surface area (Å²) in [7, 11) is 1.47. The molecule has 0 saturated heterocycles. The topological polar surface area (TPSA) is 73.9 Å². The zero-order chi connectivity index (χ0) is 20.0. The molecule has 0 aliphatic heterocycles. The minimum absolute atomic E-state index is 0.0972. The monoisotopic (exact) mass is 397 g/mol. The van der Waals surface area contributed by atoms with Crippen LogP contribution in [0.3, 0.4) is 0 Å². The van der Waals surface area contributed by atoms with Crippen molar-refractivity contribution >= 4 is 23.5 Å². The summed E-state index contributed by atoms with van der Waals surface area (Å²) in [6.07, 6.45) is 4.28. The quantitative estimate of drug-likeness (QED) is 0.704. The van der Waals surface area contributed by atoms with E-state index in [9.17, 15) is 9.59 Å². The van der Waals surface area contributed by atoms with Gasteiger partial charge in [0.05, 0.1) is 23.8 Å². The molecule has 7 heteroatoms. The molecule has 1 fully saturated rings. The van der Waals surface area contributed by atoms with Crippen LogP contribution in [0.4, 0.5) is 0 Å². The Morgan fingerprint density at radius 1 is 1.26 bits per heavy atom. The lowest BCUT2D eigenvalue weighted by Crippen LogP contribution is -2.42. The smallest absolute Gasteiger partial charge is 0.338 e. The van der Waals surface area contributed by atoms with Gasteiger partial charge in [0, 0.05) is 6.04 Å². The molecule has 1 amide bonds. The largest absolute Gasteiger partial charge is 0.493 e. The summed E-state index contributed by atoms with van der Waals surface area (Å²) >= 11 is 6.22. The van der Waals surface area contributed by atoms with E-state index in [2.05, 4.69) is 12.2 Å². The van der Waals surface area contributed by atoms with E-state index in [0.29, 0.717) is 17.4 Å². The van der Waals surface area contributed by atoms with Gasteiger partial charge in [0.2, 0.25) is 0 Å². The molecule has 0 spiro atoms. The number of nitrogens with one attached hydrogen (secondary N) is 1. The Morgan fingerprint density at radius 3 is 2.59 bits per heavy atom. The first-order valence-corrected chi connectivity index (χ1v) is 9.70. The second-order valence-corrected chi connectivity index (χ2v) is 7.58. The molecule has 0 radical (unpaired) electrons. The molecule has 2 rings (SSSR count). The van der Waals surface area contributed by atoms with Gasteiger partial charge in [-0.3, -0.25) is 4.79 Å². The van der Waals surface area contributed by atoms with Crippen LogP contribution in [0.25, 0.3) is 0 Å². The van der Waals surface area contributed by atoms with E-state index in [1.165, 1.54) is 25.7 Å². The van der Waals surface area contributed by atoms with Crippen LogP contribution in [-0.2, 0) is 9.53 Å². The van der Waals surface area contributed by atoms with E-state index in [1.54, 1.807) is 0 Å². The lowest BCUT2D eigenvalue weighted by atomic mass is 9.86. The summed E-state index contributed by atoms with van der Waals surface area (Å²) in [4.78, 5) is 24.4. The molecule has 0 heterocycles. The molecule has 1 aliphatic rings. The van der Waals surface area contributed by atoms with Crippen molar-refractivity contribution in [3.8, 4) is 11.5 Å². The highest BCUT2D eigenvalue weighted by molar-refractivity contribution is 6.32. The summed E-state index contributed by atoms with van der Waals surface area (Å²) in [5.41, 5.74) is 0.201. The molecule has 1 aliphatic carbocycles. The van der Waals surface area contributed by atoms with Crippen molar-refractivity contribution in [1.82, 2.24) is 5.32 Å². The summed E-state index contributed by atoms with van der Waals surface area (Å²) in [6, 6.07) is 3.09. The van der Waals surface area contributed by atoms with E-state index < -0.39 is 5.97 Å². The van der Waals surface area contributed by atoms with Gasteiger partial charge in [-0.1, -0.05) is 31.4 Å². The Morgan fingerprint density at radius 2 is 1.96 bits per heavy atom. The maximum atomic E-state index is 12.3. The SMILES string of the molecule is COc1cc(C(=O)OCC(=O)N[C@@H]2CCCC[C@@H]2C)cc(Cl)c1OC(C)C. The molecular formula is C20H28ClNO5. The molecule has 0 aromatic heterocycles. The molecule has 1 saturated carbocycles. The molecule has 0 bridgehead atoms. The number of hydrogen-bond donors (Lipinski definition) is 1. The molecule has 0 unspecified atom stereocenters. The minimum Gasteiger partial charge on any atom is -0.493 e. The van der Waals surface area contributed by atoms with Gasteiger partial charge in [-0.15, -0.1) is 0 Å². The second kappa shape index (κ2) is 9.83. The van der Waals surface area contributed by atoms with Gasteiger partial charge in [0.25, 0.3) is 5.91 Å². The maximum Gasteiger partial charge on any atom is 0.338 e. The fourth-order valence-electron chi connectivity index (χ4n) is 3.18. The fourth-order valence-corrected chi connectivity index (χ4v) is 3.44. The van der Waals surface area contributed by atoms with Crippen LogP contribution in [0.1, 0.15) is 56.8 Å². The van der Waals surface area contributed by atoms with Crippen LogP contribution in [0.15, 0.2) is 12.1 Å². The molecule has 2 atom stereocenters. The summed E-state index contributed by atoms with van der Waals surface area (Å²) in [5.74, 6) is 0.214. The predicted octanol–water partition coefficient (Wildman–Crippen LogP) is 3.99. The Balaban J connectivity index is 1.97. The second-order valence-electron chi connectivity index (χ2n) is 7.17. The van der Waals surface area contributed by atoms with Gasteiger partial charge < -0.3 is 19.5 Å². The number of amides is 1. The lowest BCUT2D eigenvalue weighted by Gasteiger charge is -2.29. The van der Waals surface area contributed by atoms with Crippen molar-refractivity contribution in [3.05, 3.63) is 22.7 Å². The number of rotatable bonds is 7. The van der Waals surface area contributed by atoms with Gasteiger partial charge in [-0.05, 0) is 44.7 Å². The molecular weight excluding hydrogens is 370 g/mol. The third-order valence-corrected chi connectivity index (χ3v) is 4.89. The van der Waals surface area contributed by atoms with Gasteiger partial charge in [-0.25, -0.2) is 4.79 Å². The summed E-state index contributed by atoms with van der Waals surface area (Å²) in [6.45, 7) is 5.53. The fraction of sp³-hybridized carbons (Fsp3) is 0.600. The molecule has 150 valence electrons. The number of benzene rings is 1. The first kappa shape index (κ1) is 21.4. The van der Waals surface area contributed by atoms with Crippen LogP contribution in [0, 0.1) is 5.92 Å². The lowest BCUT2D eigenvalue weighted by molar-refractivity contribution is -0.125. The minimum atomic E-state index is -0.641. The third-order valence-electron chi connectivity index (χ3n) is 4.61. The zero-order valence-corrected chi connectivity index (χ0v) is 17.1. The Labute approximate surface area is 165 Å². The Hall–Kier alpha value is -1.95. The number of carbonyl (C=O) groups is 2. The van der Waals surface area contributed by atoms with Gasteiger partial charge >= 0.3 is 5.97 Å². The van der Waals surface area contributed by atoms with E-state index >= 15 is 0 Å². The van der Waals surface area contributed by atoms with E-state index in [4.69, 9.17) is 25.8 Å². The predicted molar refractivity (Wildman–Crippen MR) is 104 cm³/mol. The number of halogens is 1. The van der Waals surface area contributed by atoms with E-state index in [1.807, 2.05) is 13.8 Å². The molecule has 27 heavy (non-hydrogen) atoms. The van der Waals surface area contributed by atoms with Gasteiger partial charge in [0.1, 0.15) is 0 Å². The summed E-state index contributed by atoms with van der Waals surface area (Å²) in [5, 5.41) is 3.20. The van der Waals surface area contributed by atoms with Crippen molar-refractivity contribution in [2.45, 2.75) is 58.6 Å². The van der Waals surface area contributed by atoms with Crippen molar-refractivity contribution in [1.29, 1.82) is 0 Å². The third kappa shape index (κ3) is 6.03. The number of ether oxygens (including phenoxy) is 3. The molecule has 1 aromatic rings. The Bertz CT molecular complexity index is 677. The van der Waals surface area contributed by atoms with E-state index in [-0.39, 0.29) is 35.2 Å². The molecule has 1 N–H and O–H groups in total. The number of carbonyl (C=O) groups excluding carboxylic acids is 2. The number of hydrogen-bond acceptors (Lipinski definition) is 5. The average Bonchev–Trinajstić information content (AvgIpc) is 2.62. The maximum absolute atomic E-state index is 12.3. The van der Waals surface area contributed by atoms with Crippen LogP contribution < -0.4 is 14.8 Å². The Kier molecular flexibility index (Phi) is 7.78. The van der Waals surface area contributed by atoms with E-state index in [0.717, 1.165) is 19.3 Å². The van der Waals surface area contributed by atoms with Gasteiger partial charge in [-0.2, -0.15) is 0 Å². The zero-order valence-electron chi connectivity index (χ0n) is 16.3. The molecule has 6 nitrogen and oxygen atoms in total. The van der Waals surface area contributed by atoms with Crippen LogP contribution >= 0.6 is 11.6 Å². The van der Waals surface area contributed by atoms with Crippen molar-refractivity contribution in [2.24, 2.45) is 5.92 Å².